The summed E-state index contributed by atoms with van der Waals surface area (Å²) < 4.78 is 5.86. The molecule has 0 aromatic heterocycles. The molecule has 3 aliphatic rings. The van der Waals surface area contributed by atoms with E-state index in [1.165, 1.54) is 25.7 Å². The van der Waals surface area contributed by atoms with Crippen molar-refractivity contribution in [2.45, 2.75) is 77.4 Å². The van der Waals surface area contributed by atoms with Crippen LogP contribution in [0.5, 0.6) is 0 Å². The predicted octanol–water partition coefficient (Wildman–Crippen LogP) is 3.52. The van der Waals surface area contributed by atoms with Crippen LogP contribution in [0.3, 0.4) is 0 Å². The molecule has 3 fully saturated rings. The van der Waals surface area contributed by atoms with Crippen LogP contribution in [-0.2, 0) is 9.53 Å². The summed E-state index contributed by atoms with van der Waals surface area (Å²) in [5.74, 6) is 2.42. The Labute approximate surface area is 129 Å². The minimum absolute atomic E-state index is 0.134. The first-order valence-corrected chi connectivity index (χ1v) is 8.93. The lowest BCUT2D eigenvalue weighted by Crippen LogP contribution is -2.56. The lowest BCUT2D eigenvalue weighted by Gasteiger charge is -2.45. The topological polar surface area (TPSA) is 38.3 Å². The zero-order valence-corrected chi connectivity index (χ0v) is 13.9. The van der Waals surface area contributed by atoms with Gasteiger partial charge in [-0.2, -0.15) is 0 Å². The molecule has 1 saturated heterocycles. The third-order valence-corrected chi connectivity index (χ3v) is 6.13. The Balaban J connectivity index is 1.54. The van der Waals surface area contributed by atoms with Crippen LogP contribution < -0.4 is 5.32 Å². The smallest absolute Gasteiger partial charge is 0.223 e. The molecule has 0 aromatic carbocycles. The fourth-order valence-electron chi connectivity index (χ4n) is 4.83. The van der Waals surface area contributed by atoms with Crippen molar-refractivity contribution in [3.05, 3.63) is 0 Å². The number of hydrogen-bond donors (Lipinski definition) is 1. The second-order valence-corrected chi connectivity index (χ2v) is 8.18. The van der Waals surface area contributed by atoms with Crippen molar-refractivity contribution < 1.29 is 9.53 Å². The number of carbonyl (C=O) groups excluding carboxylic acids is 1. The summed E-state index contributed by atoms with van der Waals surface area (Å²) in [6.07, 6.45) is 8.02. The monoisotopic (exact) mass is 293 g/mol. The minimum Gasteiger partial charge on any atom is -0.375 e. The highest BCUT2D eigenvalue weighted by Gasteiger charge is 2.48. The molecule has 3 heteroatoms. The summed E-state index contributed by atoms with van der Waals surface area (Å²) in [5.41, 5.74) is 0.134. The zero-order chi connectivity index (χ0) is 15.0. The van der Waals surface area contributed by atoms with E-state index < -0.39 is 0 Å². The molecular formula is C18H31NO2. The number of ether oxygens (including phenoxy) is 1. The van der Waals surface area contributed by atoms with Crippen LogP contribution in [-0.4, -0.2) is 24.2 Å². The standard InChI is InChI=1S/C18H31NO2/c1-12(2)15-6-5-13(3)9-16(15)17(20)19-14-10-18(11-14)7-4-8-21-18/h12-16H,4-11H2,1-3H3,(H,19,20)/t13-,14?,15+,16-,18?/m1/s1. The van der Waals surface area contributed by atoms with Crippen molar-refractivity contribution in [1.82, 2.24) is 5.32 Å². The second-order valence-electron chi connectivity index (χ2n) is 8.18. The van der Waals surface area contributed by atoms with E-state index in [1.807, 2.05) is 0 Å². The first-order valence-electron chi connectivity index (χ1n) is 8.93. The molecule has 3 atom stereocenters. The molecule has 1 spiro atoms. The second kappa shape index (κ2) is 5.91. The van der Waals surface area contributed by atoms with Crippen LogP contribution in [0.4, 0.5) is 0 Å². The van der Waals surface area contributed by atoms with Crippen molar-refractivity contribution in [3.8, 4) is 0 Å². The van der Waals surface area contributed by atoms with Crippen molar-refractivity contribution in [3.63, 3.8) is 0 Å². The van der Waals surface area contributed by atoms with Gasteiger partial charge in [0.1, 0.15) is 0 Å². The Morgan fingerprint density at radius 3 is 2.67 bits per heavy atom. The third kappa shape index (κ3) is 3.13. The fourth-order valence-corrected chi connectivity index (χ4v) is 4.83. The van der Waals surface area contributed by atoms with Crippen molar-refractivity contribution in [2.75, 3.05) is 6.61 Å². The SMILES string of the molecule is CC(C)[C@@H]1CC[C@@H](C)C[C@H]1C(=O)NC1CC2(CCCO2)C1. The average molecular weight is 293 g/mol. The van der Waals surface area contributed by atoms with Crippen LogP contribution in [0.1, 0.15) is 65.7 Å². The van der Waals surface area contributed by atoms with E-state index in [0.29, 0.717) is 29.7 Å². The molecule has 0 radical (unpaired) electrons. The minimum atomic E-state index is 0.134. The van der Waals surface area contributed by atoms with E-state index in [4.69, 9.17) is 4.74 Å². The van der Waals surface area contributed by atoms with E-state index >= 15 is 0 Å². The summed E-state index contributed by atoms with van der Waals surface area (Å²) in [6, 6.07) is 0.362. The number of hydrogen-bond acceptors (Lipinski definition) is 2. The maximum Gasteiger partial charge on any atom is 0.223 e. The Hall–Kier alpha value is -0.570. The number of amides is 1. The highest BCUT2D eigenvalue weighted by molar-refractivity contribution is 5.79. The largest absolute Gasteiger partial charge is 0.375 e. The van der Waals surface area contributed by atoms with Gasteiger partial charge < -0.3 is 10.1 Å². The van der Waals surface area contributed by atoms with Crippen LogP contribution in [0, 0.1) is 23.7 Å². The molecule has 120 valence electrons. The van der Waals surface area contributed by atoms with Crippen molar-refractivity contribution in [2.24, 2.45) is 23.7 Å². The Morgan fingerprint density at radius 1 is 1.29 bits per heavy atom. The van der Waals surface area contributed by atoms with E-state index in [1.54, 1.807) is 0 Å². The van der Waals surface area contributed by atoms with Crippen LogP contribution in [0.25, 0.3) is 0 Å². The van der Waals surface area contributed by atoms with Gasteiger partial charge in [-0.1, -0.05) is 27.2 Å². The number of carbonyl (C=O) groups is 1. The molecule has 1 amide bonds. The number of rotatable bonds is 3. The molecule has 0 bridgehead atoms. The highest BCUT2D eigenvalue weighted by atomic mass is 16.5. The van der Waals surface area contributed by atoms with Gasteiger partial charge in [-0.3, -0.25) is 4.79 Å². The van der Waals surface area contributed by atoms with Gasteiger partial charge >= 0.3 is 0 Å². The third-order valence-electron chi connectivity index (χ3n) is 6.13. The lowest BCUT2D eigenvalue weighted by atomic mass is 9.69. The molecule has 2 aliphatic carbocycles. The first kappa shape index (κ1) is 15.3. The molecule has 21 heavy (non-hydrogen) atoms. The van der Waals surface area contributed by atoms with E-state index in [9.17, 15) is 4.79 Å². The normalized spacial score (nSPS) is 43.0. The quantitative estimate of drug-likeness (QED) is 0.864. The summed E-state index contributed by atoms with van der Waals surface area (Å²) >= 11 is 0. The molecule has 0 aromatic rings. The van der Waals surface area contributed by atoms with Gasteiger partial charge in [0.15, 0.2) is 0 Å². The number of nitrogens with one attached hydrogen (secondary N) is 1. The highest BCUT2D eigenvalue weighted by Crippen LogP contribution is 2.44. The van der Waals surface area contributed by atoms with Gasteiger partial charge in [-0.25, -0.2) is 0 Å². The molecule has 2 saturated carbocycles. The maximum absolute atomic E-state index is 12.7. The van der Waals surface area contributed by atoms with E-state index in [0.717, 1.165) is 25.9 Å². The molecule has 3 nitrogen and oxygen atoms in total. The fraction of sp³-hybridized carbons (Fsp3) is 0.944. The van der Waals surface area contributed by atoms with Crippen LogP contribution >= 0.6 is 0 Å². The molecule has 0 unspecified atom stereocenters. The summed E-state index contributed by atoms with van der Waals surface area (Å²) in [7, 11) is 0. The van der Waals surface area contributed by atoms with Gasteiger partial charge in [0, 0.05) is 18.6 Å². The van der Waals surface area contributed by atoms with Gasteiger partial charge in [-0.15, -0.1) is 0 Å². The van der Waals surface area contributed by atoms with Gasteiger partial charge in [0.25, 0.3) is 0 Å². The molecule has 1 heterocycles. The lowest BCUT2D eigenvalue weighted by molar-refractivity contribution is -0.134. The first-order chi connectivity index (χ1) is 9.99. The van der Waals surface area contributed by atoms with Gasteiger partial charge in [0.05, 0.1) is 5.60 Å². The molecule has 3 rings (SSSR count). The Kier molecular flexibility index (Phi) is 4.31. The summed E-state index contributed by atoms with van der Waals surface area (Å²) in [6.45, 7) is 7.75. The summed E-state index contributed by atoms with van der Waals surface area (Å²) in [5, 5.41) is 3.32. The van der Waals surface area contributed by atoms with Crippen molar-refractivity contribution in [1.29, 1.82) is 0 Å². The average Bonchev–Trinajstić information content (AvgIpc) is 2.87. The van der Waals surface area contributed by atoms with Crippen molar-refractivity contribution >= 4 is 5.91 Å². The Morgan fingerprint density at radius 2 is 2.05 bits per heavy atom. The van der Waals surface area contributed by atoms with Gasteiger partial charge in [0.2, 0.25) is 5.91 Å². The van der Waals surface area contributed by atoms with Crippen LogP contribution in [0.2, 0.25) is 0 Å². The maximum atomic E-state index is 12.7. The molecular weight excluding hydrogens is 262 g/mol. The van der Waals surface area contributed by atoms with E-state index in [2.05, 4.69) is 26.1 Å². The summed E-state index contributed by atoms with van der Waals surface area (Å²) in [4.78, 5) is 12.7. The molecule has 1 aliphatic heterocycles. The van der Waals surface area contributed by atoms with E-state index in [-0.39, 0.29) is 11.5 Å². The van der Waals surface area contributed by atoms with Crippen LogP contribution in [0.15, 0.2) is 0 Å². The molecule has 1 N–H and O–H groups in total. The zero-order valence-electron chi connectivity index (χ0n) is 13.9. The predicted molar refractivity (Wildman–Crippen MR) is 83.9 cm³/mol. The van der Waals surface area contributed by atoms with Gasteiger partial charge in [-0.05, 0) is 56.3 Å². The Bertz CT molecular complexity index is 379.